The second kappa shape index (κ2) is 3.93. The smallest absolute Gasteiger partial charge is 0.323 e. The summed E-state index contributed by atoms with van der Waals surface area (Å²) in [6.07, 6.45) is 2.39. The zero-order valence-electron chi connectivity index (χ0n) is 10.7. The summed E-state index contributed by atoms with van der Waals surface area (Å²) < 4.78 is 9.49. The number of rotatable bonds is 2. The predicted octanol–water partition coefficient (Wildman–Crippen LogP) is 1.02. The van der Waals surface area contributed by atoms with Gasteiger partial charge in [0.2, 0.25) is 0 Å². The van der Waals surface area contributed by atoms with Crippen molar-refractivity contribution in [2.24, 2.45) is 10.8 Å². The number of hydrogen-bond donors (Lipinski definition) is 0. The fourth-order valence-electron chi connectivity index (χ4n) is 3.17. The first kappa shape index (κ1) is 12.8. The molecule has 0 bridgehead atoms. The molecule has 2 rings (SSSR count). The molecule has 98 valence electrons. The number of ketones is 1. The van der Waals surface area contributed by atoms with Gasteiger partial charge in [0.1, 0.15) is 0 Å². The highest BCUT2D eigenvalue weighted by atomic mass is 16.5. The van der Waals surface area contributed by atoms with E-state index in [-0.39, 0.29) is 18.6 Å². The lowest BCUT2D eigenvalue weighted by Crippen LogP contribution is -2.40. The van der Waals surface area contributed by atoms with Gasteiger partial charge in [-0.25, -0.2) is 0 Å². The Hall–Kier alpha value is -1.65. The average molecular weight is 252 g/mol. The van der Waals surface area contributed by atoms with E-state index in [2.05, 4.69) is 0 Å². The second-order valence-corrected chi connectivity index (χ2v) is 5.29. The monoisotopic (exact) mass is 252 g/mol. The SMILES string of the molecule is COC(=O)C1(C(=O)OC)CC2=CC(=O)C[C@@]2(C)C1. The number of carbonyl (C=O) groups excluding carboxylic acids is 3. The minimum Gasteiger partial charge on any atom is -0.468 e. The van der Waals surface area contributed by atoms with E-state index in [1.54, 1.807) is 6.08 Å². The van der Waals surface area contributed by atoms with Crippen LogP contribution >= 0.6 is 0 Å². The van der Waals surface area contributed by atoms with Crippen LogP contribution in [0, 0.1) is 10.8 Å². The van der Waals surface area contributed by atoms with Gasteiger partial charge in [-0.3, -0.25) is 14.4 Å². The molecule has 0 aliphatic heterocycles. The number of fused-ring (bicyclic) bond motifs is 1. The van der Waals surface area contributed by atoms with Gasteiger partial charge >= 0.3 is 11.9 Å². The zero-order valence-corrected chi connectivity index (χ0v) is 10.7. The third-order valence-corrected chi connectivity index (χ3v) is 4.01. The third-order valence-electron chi connectivity index (χ3n) is 4.01. The first-order valence-corrected chi connectivity index (χ1v) is 5.79. The molecule has 0 aromatic carbocycles. The quantitative estimate of drug-likeness (QED) is 0.542. The van der Waals surface area contributed by atoms with Gasteiger partial charge in [0.05, 0.1) is 14.2 Å². The molecule has 0 N–H and O–H groups in total. The largest absolute Gasteiger partial charge is 0.468 e. The van der Waals surface area contributed by atoms with Crippen LogP contribution in [0.2, 0.25) is 0 Å². The van der Waals surface area contributed by atoms with E-state index in [0.717, 1.165) is 5.57 Å². The van der Waals surface area contributed by atoms with Gasteiger partial charge in [0.15, 0.2) is 11.2 Å². The van der Waals surface area contributed by atoms with Gasteiger partial charge in [-0.1, -0.05) is 12.5 Å². The van der Waals surface area contributed by atoms with Crippen molar-refractivity contribution < 1.29 is 23.9 Å². The predicted molar refractivity (Wildman–Crippen MR) is 61.5 cm³/mol. The summed E-state index contributed by atoms with van der Waals surface area (Å²) >= 11 is 0. The van der Waals surface area contributed by atoms with Crippen molar-refractivity contribution in [2.75, 3.05) is 14.2 Å². The lowest BCUT2D eigenvalue weighted by Gasteiger charge is -2.25. The maximum Gasteiger partial charge on any atom is 0.323 e. The fraction of sp³-hybridized carbons (Fsp3) is 0.615. The summed E-state index contributed by atoms with van der Waals surface area (Å²) in [4.78, 5) is 35.4. The summed E-state index contributed by atoms with van der Waals surface area (Å²) in [5.74, 6) is -1.12. The highest BCUT2D eigenvalue weighted by Gasteiger charge is 2.61. The third kappa shape index (κ3) is 1.57. The molecule has 0 radical (unpaired) electrons. The first-order chi connectivity index (χ1) is 8.38. The van der Waals surface area contributed by atoms with Crippen molar-refractivity contribution >= 4 is 17.7 Å². The topological polar surface area (TPSA) is 69.7 Å². The molecule has 0 aromatic heterocycles. The Morgan fingerprint density at radius 2 is 1.72 bits per heavy atom. The van der Waals surface area contributed by atoms with Crippen molar-refractivity contribution in [3.8, 4) is 0 Å². The maximum atomic E-state index is 12.0. The van der Waals surface area contributed by atoms with Gasteiger partial charge in [0.25, 0.3) is 0 Å². The molecule has 0 unspecified atom stereocenters. The fourth-order valence-corrected chi connectivity index (χ4v) is 3.17. The standard InChI is InChI=1S/C13H16O5/c1-12-6-9(14)4-8(12)5-13(7-12,10(15)17-2)11(16)18-3/h4H,5-7H2,1-3H3/t12-/m0/s1. The van der Waals surface area contributed by atoms with E-state index >= 15 is 0 Å². The summed E-state index contributed by atoms with van der Waals surface area (Å²) in [5, 5.41) is 0. The van der Waals surface area contributed by atoms with Gasteiger partial charge < -0.3 is 9.47 Å². The van der Waals surface area contributed by atoms with Crippen molar-refractivity contribution in [1.29, 1.82) is 0 Å². The Balaban J connectivity index is 2.43. The van der Waals surface area contributed by atoms with E-state index in [1.807, 2.05) is 6.92 Å². The van der Waals surface area contributed by atoms with Crippen molar-refractivity contribution in [3.05, 3.63) is 11.6 Å². The molecule has 5 heteroatoms. The van der Waals surface area contributed by atoms with E-state index in [0.29, 0.717) is 6.42 Å². The molecule has 18 heavy (non-hydrogen) atoms. The van der Waals surface area contributed by atoms with Crippen molar-refractivity contribution in [1.82, 2.24) is 0 Å². The molecule has 0 spiro atoms. The molecule has 1 saturated carbocycles. The lowest BCUT2D eigenvalue weighted by molar-refractivity contribution is -0.169. The van der Waals surface area contributed by atoms with Crippen LogP contribution in [0.5, 0.6) is 0 Å². The van der Waals surface area contributed by atoms with Crippen LogP contribution in [-0.4, -0.2) is 31.9 Å². The molecule has 0 amide bonds. The normalized spacial score (nSPS) is 28.6. The molecular weight excluding hydrogens is 236 g/mol. The van der Waals surface area contributed by atoms with Gasteiger partial charge in [-0.2, -0.15) is 0 Å². The molecular formula is C13H16O5. The molecule has 5 nitrogen and oxygen atoms in total. The van der Waals surface area contributed by atoms with Crippen LogP contribution in [0.1, 0.15) is 26.2 Å². The number of ether oxygens (including phenoxy) is 2. The Bertz CT molecular complexity index is 446. The molecule has 0 aromatic rings. The molecule has 1 atom stereocenters. The minimum absolute atomic E-state index is 0.0517. The van der Waals surface area contributed by atoms with Crippen molar-refractivity contribution in [2.45, 2.75) is 26.2 Å². The van der Waals surface area contributed by atoms with E-state index in [9.17, 15) is 14.4 Å². The highest BCUT2D eigenvalue weighted by Crippen LogP contribution is 2.58. The second-order valence-electron chi connectivity index (χ2n) is 5.29. The van der Waals surface area contributed by atoms with Crippen LogP contribution in [0.25, 0.3) is 0 Å². The van der Waals surface area contributed by atoms with Gasteiger partial charge in [0, 0.05) is 6.42 Å². The van der Waals surface area contributed by atoms with E-state index < -0.39 is 22.8 Å². The van der Waals surface area contributed by atoms with Crippen LogP contribution in [0.3, 0.4) is 0 Å². The van der Waals surface area contributed by atoms with Crippen molar-refractivity contribution in [3.63, 3.8) is 0 Å². The first-order valence-electron chi connectivity index (χ1n) is 5.79. The molecule has 0 saturated heterocycles. The van der Waals surface area contributed by atoms with Crippen LogP contribution in [0.15, 0.2) is 11.6 Å². The van der Waals surface area contributed by atoms with Gasteiger partial charge in [-0.05, 0) is 24.3 Å². The number of methoxy groups -OCH3 is 2. The Morgan fingerprint density at radius 3 is 2.17 bits per heavy atom. The molecule has 2 aliphatic rings. The summed E-state index contributed by atoms with van der Waals surface area (Å²) in [7, 11) is 2.51. The van der Waals surface area contributed by atoms with Gasteiger partial charge in [-0.15, -0.1) is 0 Å². The average Bonchev–Trinajstić information content (AvgIpc) is 2.75. The minimum atomic E-state index is -1.29. The molecule has 2 aliphatic carbocycles. The Labute approximate surface area is 105 Å². The Morgan fingerprint density at radius 1 is 1.17 bits per heavy atom. The number of hydrogen-bond acceptors (Lipinski definition) is 5. The van der Waals surface area contributed by atoms with E-state index in [4.69, 9.17) is 9.47 Å². The summed E-state index contributed by atoms with van der Waals surface area (Å²) in [5.41, 5.74) is -0.854. The number of allylic oxidation sites excluding steroid dienone is 2. The van der Waals surface area contributed by atoms with Crippen LogP contribution < -0.4 is 0 Å². The Kier molecular flexibility index (Phi) is 2.80. The zero-order chi connectivity index (χ0) is 13.6. The van der Waals surface area contributed by atoms with Crippen LogP contribution in [0.4, 0.5) is 0 Å². The number of esters is 2. The van der Waals surface area contributed by atoms with E-state index in [1.165, 1.54) is 14.2 Å². The number of carbonyl (C=O) groups is 3. The summed E-state index contributed by atoms with van der Waals surface area (Å²) in [6, 6.07) is 0. The highest BCUT2D eigenvalue weighted by molar-refractivity contribution is 6.03. The van der Waals surface area contributed by atoms with Crippen LogP contribution in [-0.2, 0) is 23.9 Å². The summed E-state index contributed by atoms with van der Waals surface area (Å²) in [6.45, 7) is 1.90. The molecule has 1 fully saturated rings. The molecule has 0 heterocycles. The lowest BCUT2D eigenvalue weighted by atomic mass is 9.79. The maximum absolute atomic E-state index is 12.0.